The highest BCUT2D eigenvalue weighted by Crippen LogP contribution is 1.92. The van der Waals surface area contributed by atoms with Crippen molar-refractivity contribution in [1.29, 1.82) is 1.43 Å². The first-order valence-electron chi connectivity index (χ1n) is 4.61. The van der Waals surface area contributed by atoms with E-state index >= 15 is 0 Å². The van der Waals surface area contributed by atoms with Crippen LogP contribution in [0.3, 0.4) is 0 Å². The van der Waals surface area contributed by atoms with E-state index in [9.17, 15) is 9.59 Å². The lowest BCUT2D eigenvalue weighted by atomic mass is 10.3. The zero-order valence-electron chi connectivity index (χ0n) is 8.73. The highest BCUT2D eigenvalue weighted by molar-refractivity contribution is 5.76. The standard InChI is InChI=1S/C8H14O6/c9-3-4-13-5-6-14-8(12)2-1-7(10)11/h9H,1-6H2,(H,10,11)/i9T. The summed E-state index contributed by atoms with van der Waals surface area (Å²) in [6, 6.07) is 0. The van der Waals surface area contributed by atoms with Gasteiger partial charge in [0, 0.05) is 0 Å². The Hall–Kier alpha value is -1.14. The molecule has 0 fully saturated rings. The molecule has 0 bridgehead atoms. The van der Waals surface area contributed by atoms with Crippen LogP contribution >= 0.6 is 0 Å². The molecular weight excluding hydrogens is 192 g/mol. The van der Waals surface area contributed by atoms with Crippen LogP contribution in [-0.4, -0.2) is 50.0 Å². The third kappa shape index (κ3) is 8.95. The zero-order chi connectivity index (χ0) is 11.5. The van der Waals surface area contributed by atoms with Gasteiger partial charge < -0.3 is 19.7 Å². The van der Waals surface area contributed by atoms with Crippen LogP contribution in [0.1, 0.15) is 12.8 Å². The average molecular weight is 208 g/mol. The monoisotopic (exact) mass is 208 g/mol. The van der Waals surface area contributed by atoms with E-state index in [0.29, 0.717) is 0 Å². The second kappa shape index (κ2) is 8.46. The van der Waals surface area contributed by atoms with E-state index < -0.39 is 11.9 Å². The van der Waals surface area contributed by atoms with E-state index in [1.165, 1.54) is 0 Å². The van der Waals surface area contributed by atoms with Crippen molar-refractivity contribution in [1.82, 2.24) is 0 Å². The predicted octanol–water partition coefficient (Wildman–Crippen LogP) is -0.597. The molecule has 6 heteroatoms. The van der Waals surface area contributed by atoms with Gasteiger partial charge in [0.2, 0.25) is 1.43 Å². The lowest BCUT2D eigenvalue weighted by Crippen LogP contribution is -2.12. The molecule has 0 aromatic heterocycles. The largest absolute Gasteiger partial charge is 0.481 e. The fourth-order valence-electron chi connectivity index (χ4n) is 0.657. The quantitative estimate of drug-likeness (QED) is 0.388. The molecule has 0 saturated carbocycles. The number of carbonyl (C=O) groups is 2. The number of aliphatic hydroxyl groups is 1. The Morgan fingerprint density at radius 1 is 1.21 bits per heavy atom. The van der Waals surface area contributed by atoms with E-state index in [1.807, 2.05) is 0 Å². The van der Waals surface area contributed by atoms with E-state index in [2.05, 4.69) is 9.85 Å². The Morgan fingerprint density at radius 3 is 2.64 bits per heavy atom. The van der Waals surface area contributed by atoms with Crippen LogP contribution < -0.4 is 0 Å². The number of aliphatic hydroxyl groups excluding tert-OH is 1. The summed E-state index contributed by atoms with van der Waals surface area (Å²) in [6.45, 7) is 0.710. The molecule has 6 nitrogen and oxygen atoms in total. The van der Waals surface area contributed by atoms with Gasteiger partial charge in [0.1, 0.15) is 6.61 Å². The predicted molar refractivity (Wildman–Crippen MR) is 45.7 cm³/mol. The molecule has 0 rings (SSSR count). The molecule has 0 unspecified atom stereocenters. The van der Waals surface area contributed by atoms with Crippen molar-refractivity contribution in [3.05, 3.63) is 0 Å². The van der Waals surface area contributed by atoms with Gasteiger partial charge in [0.15, 0.2) is 0 Å². The Labute approximate surface area is 82.9 Å². The number of ether oxygens (including phenoxy) is 2. The maximum absolute atomic E-state index is 10.8. The minimum Gasteiger partial charge on any atom is -0.481 e. The van der Waals surface area contributed by atoms with Gasteiger partial charge in [0.05, 0.1) is 32.7 Å². The number of carboxylic acid groups (broad SMARTS) is 1. The zero-order valence-corrected chi connectivity index (χ0v) is 7.73. The molecule has 0 aliphatic carbocycles. The molecule has 0 heterocycles. The van der Waals surface area contributed by atoms with Gasteiger partial charge >= 0.3 is 11.9 Å². The minimum absolute atomic E-state index is 0.0798. The van der Waals surface area contributed by atoms with Crippen LogP contribution in [0.4, 0.5) is 0 Å². The number of esters is 1. The van der Waals surface area contributed by atoms with Crippen molar-refractivity contribution in [3.8, 4) is 0 Å². The Kier molecular flexibility index (Phi) is 6.61. The molecule has 2 N–H and O–H groups in total. The lowest BCUT2D eigenvalue weighted by molar-refractivity contribution is -0.148. The van der Waals surface area contributed by atoms with Gasteiger partial charge in [0.25, 0.3) is 0 Å². The molecule has 0 radical (unpaired) electrons. The number of hydrogen-bond acceptors (Lipinski definition) is 5. The molecule has 0 aliphatic rings. The summed E-state index contributed by atoms with van der Waals surface area (Å²) in [6.07, 6.45) is -0.364. The van der Waals surface area contributed by atoms with Crippen LogP contribution in [0.15, 0.2) is 0 Å². The highest BCUT2D eigenvalue weighted by Gasteiger charge is 2.05. The van der Waals surface area contributed by atoms with Crippen molar-refractivity contribution in [2.75, 3.05) is 26.4 Å². The van der Waals surface area contributed by atoms with Crippen LogP contribution in [0, 0.1) is 0 Å². The Morgan fingerprint density at radius 2 is 2.00 bits per heavy atom. The number of hydrogen-bond donors (Lipinski definition) is 2. The average Bonchev–Trinajstić information content (AvgIpc) is 2.20. The van der Waals surface area contributed by atoms with Crippen LogP contribution in [0.2, 0.25) is 0 Å². The normalized spacial score (nSPS) is 10.7. The van der Waals surface area contributed by atoms with Crippen molar-refractivity contribution in [3.63, 3.8) is 0 Å². The summed E-state index contributed by atoms with van der Waals surface area (Å²) < 4.78 is 15.9. The van der Waals surface area contributed by atoms with Crippen molar-refractivity contribution in [2.24, 2.45) is 0 Å². The van der Waals surface area contributed by atoms with Gasteiger partial charge in [-0.3, -0.25) is 9.59 Å². The molecule has 82 valence electrons. The van der Waals surface area contributed by atoms with Gasteiger partial charge in [-0.1, -0.05) is 0 Å². The summed E-state index contributed by atoms with van der Waals surface area (Å²) in [7, 11) is 0. The van der Waals surface area contributed by atoms with Crippen molar-refractivity contribution >= 4 is 11.9 Å². The summed E-state index contributed by atoms with van der Waals surface area (Å²) >= 11 is 0. The lowest BCUT2D eigenvalue weighted by Gasteiger charge is -2.03. The molecule has 0 amide bonds. The molecule has 0 spiro atoms. The highest BCUT2D eigenvalue weighted by atomic mass is 16.6. The minimum atomic E-state index is -1.03. The van der Waals surface area contributed by atoms with Crippen LogP contribution in [0.25, 0.3) is 0 Å². The van der Waals surface area contributed by atoms with E-state index in [4.69, 9.17) is 11.3 Å². The molecular formula is C8H14O6. The third-order valence-electron chi connectivity index (χ3n) is 1.26. The smallest absolute Gasteiger partial charge is 0.306 e. The fourth-order valence-corrected chi connectivity index (χ4v) is 0.657. The molecule has 14 heavy (non-hydrogen) atoms. The first kappa shape index (κ1) is 10.9. The first-order chi connectivity index (χ1) is 7.16. The number of rotatable bonds is 9. The molecule has 0 aromatic rings. The molecule has 0 saturated heterocycles. The van der Waals surface area contributed by atoms with Crippen molar-refractivity contribution < 1.29 is 29.3 Å². The summed E-state index contributed by atoms with van der Waals surface area (Å²) in [5, 5.41) is 12.3. The van der Waals surface area contributed by atoms with Crippen LogP contribution in [0.5, 0.6) is 0 Å². The van der Waals surface area contributed by atoms with Gasteiger partial charge in [-0.15, -0.1) is 0 Å². The molecule has 0 aromatic carbocycles. The van der Waals surface area contributed by atoms with E-state index in [0.717, 1.165) is 0 Å². The van der Waals surface area contributed by atoms with Gasteiger partial charge in [-0.25, -0.2) is 0 Å². The van der Waals surface area contributed by atoms with Crippen LogP contribution in [-0.2, 0) is 19.1 Å². The van der Waals surface area contributed by atoms with E-state index in [1.54, 1.807) is 0 Å². The van der Waals surface area contributed by atoms with E-state index in [-0.39, 0.29) is 39.3 Å². The summed E-state index contributed by atoms with van der Waals surface area (Å²) in [4.78, 5) is 20.9. The maximum Gasteiger partial charge on any atom is 0.306 e. The maximum atomic E-state index is 10.8. The Balaban J connectivity index is 3.20. The first-order valence-corrected chi connectivity index (χ1v) is 4.20. The second-order valence-corrected chi connectivity index (χ2v) is 2.43. The summed E-state index contributed by atoms with van der Waals surface area (Å²) in [5.41, 5.74) is 0. The number of carboxylic acids is 1. The number of carbonyl (C=O) groups excluding carboxylic acids is 1. The molecule has 0 aliphatic heterocycles. The van der Waals surface area contributed by atoms with Gasteiger partial charge in [-0.2, -0.15) is 0 Å². The van der Waals surface area contributed by atoms with Crippen molar-refractivity contribution in [2.45, 2.75) is 12.8 Å². The number of aliphatic carboxylic acids is 1. The third-order valence-corrected chi connectivity index (χ3v) is 1.26. The fraction of sp³-hybridized carbons (Fsp3) is 0.750. The second-order valence-electron chi connectivity index (χ2n) is 2.43. The SMILES string of the molecule is [3H]OCCOCCOC(=O)CCC(=O)O. The Bertz CT molecular complexity index is 196. The molecule has 0 atom stereocenters. The topological polar surface area (TPSA) is 93.1 Å². The van der Waals surface area contributed by atoms with Gasteiger partial charge in [-0.05, 0) is 0 Å². The summed E-state index contributed by atoms with van der Waals surface area (Å²) in [5.74, 6) is -1.59.